The van der Waals surface area contributed by atoms with Crippen LogP contribution in [0.2, 0.25) is 10.0 Å². The van der Waals surface area contributed by atoms with E-state index in [1.54, 1.807) is 36.2 Å². The van der Waals surface area contributed by atoms with Crippen LogP contribution in [0, 0.1) is 0 Å². The number of fused-ring (bicyclic) bond motifs is 1. The van der Waals surface area contributed by atoms with Crippen LogP contribution in [-0.4, -0.2) is 89.1 Å². The molecule has 2 amide bonds. The number of nitrogens with zero attached hydrogens (tertiary/aromatic N) is 5. The van der Waals surface area contributed by atoms with Crippen molar-refractivity contribution in [3.63, 3.8) is 0 Å². The minimum absolute atomic E-state index is 0.0657. The summed E-state index contributed by atoms with van der Waals surface area (Å²) in [6, 6.07) is 11.7. The van der Waals surface area contributed by atoms with Gasteiger partial charge in [-0.05, 0) is 49.6 Å². The lowest BCUT2D eigenvalue weighted by Gasteiger charge is -2.38. The van der Waals surface area contributed by atoms with E-state index in [4.69, 9.17) is 32.9 Å². The topological polar surface area (TPSA) is 128 Å². The SMILES string of the molecule is CCOC(=O)C1=C(CN2CCN3C(=O)N(c4ccc(C5(C(=O)O)CCCC5)cc4)C[C@@H]3C2)NC(c2nccs2)=N[C@H]1c1ccc(Cl)cc1Cl. The minimum atomic E-state index is -0.849. The van der Waals surface area contributed by atoms with E-state index in [9.17, 15) is 19.5 Å². The third-order valence-corrected chi connectivity index (χ3v) is 11.3. The predicted octanol–water partition coefficient (Wildman–Crippen LogP) is 5.88. The van der Waals surface area contributed by atoms with Gasteiger partial charge in [0.1, 0.15) is 6.04 Å². The summed E-state index contributed by atoms with van der Waals surface area (Å²) in [6.45, 7) is 4.51. The number of esters is 1. The number of aliphatic carboxylic acids is 1. The highest BCUT2D eigenvalue weighted by Gasteiger charge is 2.45. The molecule has 1 saturated carbocycles. The molecular weight excluding hydrogens is 687 g/mol. The molecular formula is C35H36Cl2N6O5S. The summed E-state index contributed by atoms with van der Waals surface area (Å²) >= 11 is 14.3. The van der Waals surface area contributed by atoms with Gasteiger partial charge in [0.25, 0.3) is 0 Å². The molecule has 0 unspecified atom stereocenters. The number of halogens is 2. The Hall–Kier alpha value is -3.97. The first kappa shape index (κ1) is 33.5. The summed E-state index contributed by atoms with van der Waals surface area (Å²) in [5.74, 6) is -0.747. The van der Waals surface area contributed by atoms with Gasteiger partial charge in [0, 0.05) is 71.3 Å². The number of ether oxygens (including phenoxy) is 1. The van der Waals surface area contributed by atoms with Gasteiger partial charge in [-0.25, -0.2) is 14.6 Å². The number of amides is 2. The van der Waals surface area contributed by atoms with E-state index in [2.05, 4.69) is 15.2 Å². The summed E-state index contributed by atoms with van der Waals surface area (Å²) < 4.78 is 5.55. The molecule has 14 heteroatoms. The normalized spacial score (nSPS) is 22.2. The molecule has 2 N–H and O–H groups in total. The van der Waals surface area contributed by atoms with E-state index in [0.717, 1.165) is 24.1 Å². The monoisotopic (exact) mass is 722 g/mol. The van der Waals surface area contributed by atoms with Crippen molar-refractivity contribution in [1.29, 1.82) is 0 Å². The number of rotatable bonds is 9. The Morgan fingerprint density at radius 1 is 1.10 bits per heavy atom. The molecule has 0 radical (unpaired) electrons. The number of aromatic nitrogens is 1. The second-order valence-corrected chi connectivity index (χ2v) is 14.5. The fourth-order valence-corrected chi connectivity index (χ4v) is 8.59. The van der Waals surface area contributed by atoms with Crippen molar-refractivity contribution in [2.24, 2.45) is 4.99 Å². The number of thiazole rings is 1. The van der Waals surface area contributed by atoms with E-state index in [1.165, 1.54) is 11.3 Å². The highest BCUT2D eigenvalue weighted by atomic mass is 35.5. The maximum atomic E-state index is 13.6. The Bertz CT molecular complexity index is 1830. The summed E-state index contributed by atoms with van der Waals surface area (Å²) in [6.07, 6.45) is 4.75. The Morgan fingerprint density at radius 3 is 2.55 bits per heavy atom. The second kappa shape index (κ2) is 13.7. The third-order valence-electron chi connectivity index (χ3n) is 9.93. The van der Waals surface area contributed by atoms with Crippen LogP contribution in [0.15, 0.2) is 70.3 Å². The average Bonchev–Trinajstić information content (AvgIpc) is 3.86. The standard InChI is InChI=1S/C35H36Cl2N6O5S/c1-2-48-32(44)28-27(39-30(31-38-13-16-49-31)40-29(28)25-10-7-22(36)17-26(25)37)20-41-14-15-42-24(18-41)19-43(34(42)47)23-8-5-21(6-9-23)35(33(45)46)11-3-4-12-35/h5-10,13,16-17,24,29H,2-4,11-12,14-15,18-20H2,1H3,(H,39,40)(H,45,46)/t24-,29-/m0/s1. The molecule has 4 aliphatic rings. The van der Waals surface area contributed by atoms with Gasteiger partial charge >= 0.3 is 18.0 Å². The number of nitrogens with one attached hydrogen (secondary N) is 1. The van der Waals surface area contributed by atoms with Gasteiger partial charge in [0.15, 0.2) is 10.8 Å². The van der Waals surface area contributed by atoms with Gasteiger partial charge in [-0.1, -0.05) is 54.2 Å². The van der Waals surface area contributed by atoms with Crippen LogP contribution in [-0.2, 0) is 19.7 Å². The fraction of sp³-hybridized carbons (Fsp3) is 0.400. The van der Waals surface area contributed by atoms with E-state index in [-0.39, 0.29) is 18.7 Å². The lowest BCUT2D eigenvalue weighted by Crippen LogP contribution is -2.53. The van der Waals surface area contributed by atoms with Crippen LogP contribution in [0.25, 0.3) is 0 Å². The fourth-order valence-electron chi connectivity index (χ4n) is 7.49. The highest BCUT2D eigenvalue weighted by molar-refractivity contribution is 7.11. The van der Waals surface area contributed by atoms with E-state index in [0.29, 0.717) is 83.3 Å². The number of carbonyl (C=O) groups excluding carboxylic acids is 2. The first-order chi connectivity index (χ1) is 23.7. The number of aliphatic imine (C=N–C) groups is 1. The zero-order chi connectivity index (χ0) is 34.3. The second-order valence-electron chi connectivity index (χ2n) is 12.7. The van der Waals surface area contributed by atoms with Crippen molar-refractivity contribution in [3.05, 3.63) is 91.5 Å². The molecule has 0 spiro atoms. The van der Waals surface area contributed by atoms with Gasteiger partial charge in [0.05, 0.1) is 23.6 Å². The minimum Gasteiger partial charge on any atom is -0.481 e. The molecule has 0 bridgehead atoms. The number of carbonyl (C=O) groups is 3. The van der Waals surface area contributed by atoms with Gasteiger partial charge in [-0.3, -0.25) is 19.6 Å². The van der Waals surface area contributed by atoms with Crippen LogP contribution in [0.1, 0.15) is 54.8 Å². The lowest BCUT2D eigenvalue weighted by atomic mass is 9.79. The number of anilines is 1. The van der Waals surface area contributed by atoms with Crippen molar-refractivity contribution in [1.82, 2.24) is 20.1 Å². The Labute approximate surface area is 298 Å². The molecule has 256 valence electrons. The van der Waals surface area contributed by atoms with Gasteiger partial charge in [-0.15, -0.1) is 11.3 Å². The highest BCUT2D eigenvalue weighted by Crippen LogP contribution is 2.42. The Balaban J connectivity index is 1.14. The van der Waals surface area contributed by atoms with Crippen molar-refractivity contribution in [3.8, 4) is 0 Å². The first-order valence-electron chi connectivity index (χ1n) is 16.4. The molecule has 2 aromatic carbocycles. The smallest absolute Gasteiger partial charge is 0.338 e. The molecule has 3 aromatic rings. The van der Waals surface area contributed by atoms with Crippen LogP contribution in [0.5, 0.6) is 0 Å². The molecule has 1 aromatic heterocycles. The number of carboxylic acids is 1. The van der Waals surface area contributed by atoms with Crippen molar-refractivity contribution in [2.45, 2.75) is 50.1 Å². The summed E-state index contributed by atoms with van der Waals surface area (Å²) in [4.78, 5) is 54.7. The molecule has 1 aliphatic carbocycles. The van der Waals surface area contributed by atoms with E-state index >= 15 is 0 Å². The molecule has 11 nitrogen and oxygen atoms in total. The zero-order valence-corrected chi connectivity index (χ0v) is 29.2. The largest absolute Gasteiger partial charge is 0.481 e. The Kier molecular flexibility index (Phi) is 9.40. The quantitative estimate of drug-likeness (QED) is 0.262. The number of benzene rings is 2. The number of hydrogen-bond donors (Lipinski definition) is 2. The summed E-state index contributed by atoms with van der Waals surface area (Å²) in [5.41, 5.74) is 2.32. The van der Waals surface area contributed by atoms with Crippen LogP contribution >= 0.6 is 34.5 Å². The van der Waals surface area contributed by atoms with E-state index < -0.39 is 23.4 Å². The molecule has 7 rings (SSSR count). The van der Waals surface area contributed by atoms with Gasteiger partial charge in [-0.2, -0.15) is 0 Å². The number of carboxylic acid groups (broad SMARTS) is 1. The molecule has 49 heavy (non-hydrogen) atoms. The average molecular weight is 724 g/mol. The maximum absolute atomic E-state index is 13.6. The van der Waals surface area contributed by atoms with E-state index in [1.807, 2.05) is 34.5 Å². The van der Waals surface area contributed by atoms with Crippen molar-refractivity contribution in [2.75, 3.05) is 44.2 Å². The molecule has 2 atom stereocenters. The van der Waals surface area contributed by atoms with Gasteiger partial charge < -0.3 is 20.1 Å². The molecule has 4 heterocycles. The zero-order valence-electron chi connectivity index (χ0n) is 26.9. The Morgan fingerprint density at radius 2 is 1.88 bits per heavy atom. The number of urea groups is 1. The predicted molar refractivity (Wildman–Crippen MR) is 189 cm³/mol. The maximum Gasteiger partial charge on any atom is 0.338 e. The van der Waals surface area contributed by atoms with Gasteiger partial charge in [0.2, 0.25) is 0 Å². The molecule has 2 saturated heterocycles. The van der Waals surface area contributed by atoms with Crippen LogP contribution in [0.4, 0.5) is 10.5 Å². The van der Waals surface area contributed by atoms with Crippen LogP contribution in [0.3, 0.4) is 0 Å². The summed E-state index contributed by atoms with van der Waals surface area (Å²) in [7, 11) is 0. The number of hydrogen-bond acceptors (Lipinski definition) is 9. The van der Waals surface area contributed by atoms with Crippen molar-refractivity contribution >= 4 is 64.0 Å². The molecule has 3 aliphatic heterocycles. The van der Waals surface area contributed by atoms with Crippen LogP contribution < -0.4 is 10.2 Å². The lowest BCUT2D eigenvalue weighted by molar-refractivity contribution is -0.143. The number of amidine groups is 1. The van der Waals surface area contributed by atoms with Crippen molar-refractivity contribution < 1.29 is 24.2 Å². The molecule has 3 fully saturated rings. The summed E-state index contributed by atoms with van der Waals surface area (Å²) in [5, 5.41) is 16.8. The first-order valence-corrected chi connectivity index (χ1v) is 18.1. The third kappa shape index (κ3) is 6.31. The number of piperazine rings is 1.